The SMILES string of the molecule is Cc1ccc2c(cnn2C2CCCCO2)c1Nc1nccc2c(N3CCN(C(=O)OC(C)(C)C)CC3)ncnc12. The van der Waals surface area contributed by atoms with Crippen molar-refractivity contribution < 1.29 is 14.3 Å². The molecule has 1 N–H and O–H groups in total. The van der Waals surface area contributed by atoms with Crippen LogP contribution in [0.15, 0.2) is 36.9 Å². The largest absolute Gasteiger partial charge is 0.444 e. The molecule has 11 heteroatoms. The highest BCUT2D eigenvalue weighted by Gasteiger charge is 2.27. The molecule has 1 atom stereocenters. The smallest absolute Gasteiger partial charge is 0.410 e. The van der Waals surface area contributed by atoms with Gasteiger partial charge in [0.25, 0.3) is 0 Å². The first-order valence-corrected chi connectivity index (χ1v) is 14.0. The van der Waals surface area contributed by atoms with E-state index in [0.717, 1.165) is 64.7 Å². The molecule has 0 aliphatic carbocycles. The van der Waals surface area contributed by atoms with Crippen molar-refractivity contribution in [3.8, 4) is 0 Å². The van der Waals surface area contributed by atoms with Crippen molar-refractivity contribution in [2.24, 2.45) is 0 Å². The van der Waals surface area contributed by atoms with Crippen molar-refractivity contribution in [3.05, 3.63) is 42.5 Å². The van der Waals surface area contributed by atoms with Crippen LogP contribution in [-0.4, -0.2) is 74.1 Å². The number of anilines is 3. The Hall–Kier alpha value is -3.99. The van der Waals surface area contributed by atoms with Crippen molar-refractivity contribution in [2.45, 2.75) is 58.8 Å². The Labute approximate surface area is 233 Å². The summed E-state index contributed by atoms with van der Waals surface area (Å²) in [6, 6.07) is 6.15. The standard InChI is InChI=1S/C29H36N8O3/c1-19-8-9-22-21(17-33-37(22)23-7-5-6-16-39-23)24(19)34-26-25-20(10-11-30-26)27(32-18-31-25)35-12-14-36(15-13-35)28(38)40-29(2,3)4/h8-11,17-18,23H,5-7,12-16H2,1-4H3,(H,30,34). The van der Waals surface area contributed by atoms with Crippen molar-refractivity contribution in [2.75, 3.05) is 43.0 Å². The van der Waals surface area contributed by atoms with Crippen molar-refractivity contribution in [3.63, 3.8) is 0 Å². The maximum Gasteiger partial charge on any atom is 0.410 e. The van der Waals surface area contributed by atoms with Crippen LogP contribution in [0.5, 0.6) is 0 Å². The van der Waals surface area contributed by atoms with Gasteiger partial charge in [0.2, 0.25) is 0 Å². The number of rotatable bonds is 4. The van der Waals surface area contributed by atoms with Gasteiger partial charge in [-0.25, -0.2) is 24.4 Å². The van der Waals surface area contributed by atoms with E-state index in [0.29, 0.717) is 32.0 Å². The van der Waals surface area contributed by atoms with E-state index in [1.54, 1.807) is 17.4 Å². The predicted octanol–water partition coefficient (Wildman–Crippen LogP) is 5.18. The van der Waals surface area contributed by atoms with Gasteiger partial charge >= 0.3 is 6.09 Å². The van der Waals surface area contributed by atoms with E-state index in [1.807, 2.05) is 37.7 Å². The summed E-state index contributed by atoms with van der Waals surface area (Å²) in [7, 11) is 0. The van der Waals surface area contributed by atoms with E-state index in [9.17, 15) is 4.79 Å². The molecule has 0 bridgehead atoms. The molecule has 2 aliphatic heterocycles. The zero-order chi connectivity index (χ0) is 27.9. The molecule has 0 radical (unpaired) electrons. The lowest BCUT2D eigenvalue weighted by atomic mass is 10.1. The Balaban J connectivity index is 1.27. The van der Waals surface area contributed by atoms with Gasteiger partial charge in [-0.05, 0) is 64.7 Å². The number of hydrogen-bond acceptors (Lipinski definition) is 9. The van der Waals surface area contributed by atoms with E-state index in [4.69, 9.17) is 14.6 Å². The van der Waals surface area contributed by atoms with Gasteiger partial charge in [0.1, 0.15) is 23.3 Å². The number of piperazine rings is 1. The van der Waals surface area contributed by atoms with Gasteiger partial charge in [0.15, 0.2) is 12.0 Å². The first-order valence-electron chi connectivity index (χ1n) is 14.0. The summed E-state index contributed by atoms with van der Waals surface area (Å²) >= 11 is 0. The lowest BCUT2D eigenvalue weighted by Gasteiger charge is -2.36. The molecule has 2 saturated heterocycles. The molecule has 3 aromatic heterocycles. The van der Waals surface area contributed by atoms with Crippen LogP contribution in [0.3, 0.4) is 0 Å². The fourth-order valence-corrected chi connectivity index (χ4v) is 5.41. The normalized spacial score (nSPS) is 18.4. The van der Waals surface area contributed by atoms with Gasteiger partial charge in [-0.1, -0.05) is 6.07 Å². The molecule has 5 heterocycles. The van der Waals surface area contributed by atoms with E-state index in [-0.39, 0.29) is 12.3 Å². The second-order valence-electron chi connectivity index (χ2n) is 11.4. The van der Waals surface area contributed by atoms with Crippen LogP contribution >= 0.6 is 0 Å². The molecule has 2 aliphatic rings. The quantitative estimate of drug-likeness (QED) is 0.371. The minimum absolute atomic E-state index is 0.0384. The monoisotopic (exact) mass is 544 g/mol. The van der Waals surface area contributed by atoms with E-state index in [2.05, 4.69) is 44.2 Å². The molecule has 6 rings (SSSR count). The van der Waals surface area contributed by atoms with Gasteiger partial charge in [0.05, 0.1) is 17.4 Å². The number of nitrogens with one attached hydrogen (secondary N) is 1. The fraction of sp³-hybridized carbons (Fsp3) is 0.483. The average molecular weight is 545 g/mol. The minimum atomic E-state index is -0.515. The topological polar surface area (TPSA) is 111 Å². The van der Waals surface area contributed by atoms with Gasteiger partial charge in [-0.2, -0.15) is 5.10 Å². The summed E-state index contributed by atoms with van der Waals surface area (Å²) in [5.74, 6) is 1.49. The van der Waals surface area contributed by atoms with E-state index >= 15 is 0 Å². The lowest BCUT2D eigenvalue weighted by Crippen LogP contribution is -2.50. The lowest BCUT2D eigenvalue weighted by molar-refractivity contribution is -0.0366. The number of pyridine rings is 1. The number of carbonyl (C=O) groups excluding carboxylic acids is 1. The molecule has 2 fully saturated rings. The van der Waals surface area contributed by atoms with E-state index < -0.39 is 5.60 Å². The Kier molecular flexibility index (Phi) is 6.91. The Morgan fingerprint density at radius 2 is 1.88 bits per heavy atom. The van der Waals surface area contributed by atoms with Crippen LogP contribution in [0, 0.1) is 6.92 Å². The molecular weight excluding hydrogens is 508 g/mol. The molecule has 4 aromatic rings. The molecule has 210 valence electrons. The summed E-state index contributed by atoms with van der Waals surface area (Å²) in [6.07, 6.45) is 8.14. The number of ether oxygens (including phenoxy) is 2. The first kappa shape index (κ1) is 26.2. The number of amides is 1. The Morgan fingerprint density at radius 1 is 1.05 bits per heavy atom. The van der Waals surface area contributed by atoms with E-state index in [1.165, 1.54) is 0 Å². The predicted molar refractivity (Wildman–Crippen MR) is 154 cm³/mol. The van der Waals surface area contributed by atoms with Gasteiger partial charge in [0, 0.05) is 49.8 Å². The molecular formula is C29H36N8O3. The summed E-state index contributed by atoms with van der Waals surface area (Å²) in [6.45, 7) is 10.9. The number of hydrogen-bond donors (Lipinski definition) is 1. The molecule has 1 amide bonds. The molecule has 0 saturated carbocycles. The van der Waals surface area contributed by atoms with Crippen molar-refractivity contribution in [1.29, 1.82) is 0 Å². The minimum Gasteiger partial charge on any atom is -0.444 e. The third-order valence-corrected chi connectivity index (χ3v) is 7.42. The zero-order valence-corrected chi connectivity index (χ0v) is 23.6. The van der Waals surface area contributed by atoms with Crippen molar-refractivity contribution >= 4 is 45.2 Å². The number of carbonyl (C=O) groups is 1. The maximum absolute atomic E-state index is 12.5. The highest BCUT2D eigenvalue weighted by molar-refractivity contribution is 6.00. The maximum atomic E-state index is 12.5. The summed E-state index contributed by atoms with van der Waals surface area (Å²) in [5.41, 5.74) is 3.28. The van der Waals surface area contributed by atoms with Crippen LogP contribution in [0.4, 0.5) is 22.1 Å². The van der Waals surface area contributed by atoms with Gasteiger partial charge < -0.3 is 24.6 Å². The Bertz CT molecular complexity index is 1530. The number of benzene rings is 1. The second kappa shape index (κ2) is 10.5. The number of aryl methyl sites for hydroxylation is 1. The molecule has 40 heavy (non-hydrogen) atoms. The third kappa shape index (κ3) is 5.13. The second-order valence-corrected chi connectivity index (χ2v) is 11.4. The summed E-state index contributed by atoms with van der Waals surface area (Å²) in [5, 5.41) is 10.2. The highest BCUT2D eigenvalue weighted by Crippen LogP contribution is 2.35. The zero-order valence-electron chi connectivity index (χ0n) is 23.6. The highest BCUT2D eigenvalue weighted by atomic mass is 16.6. The third-order valence-electron chi connectivity index (χ3n) is 7.42. The average Bonchev–Trinajstić information content (AvgIpc) is 3.38. The molecule has 11 nitrogen and oxygen atoms in total. The number of aromatic nitrogens is 5. The van der Waals surface area contributed by atoms with Gasteiger partial charge in [-0.15, -0.1) is 0 Å². The van der Waals surface area contributed by atoms with Crippen LogP contribution in [0.1, 0.15) is 51.8 Å². The number of fused-ring (bicyclic) bond motifs is 2. The van der Waals surface area contributed by atoms with Crippen LogP contribution < -0.4 is 10.2 Å². The summed E-state index contributed by atoms with van der Waals surface area (Å²) < 4.78 is 13.5. The summed E-state index contributed by atoms with van der Waals surface area (Å²) in [4.78, 5) is 30.4. The molecule has 0 spiro atoms. The molecule has 1 aromatic carbocycles. The number of nitrogens with zero attached hydrogens (tertiary/aromatic N) is 7. The molecule has 1 unspecified atom stereocenters. The Morgan fingerprint density at radius 3 is 2.62 bits per heavy atom. The van der Waals surface area contributed by atoms with Crippen LogP contribution in [-0.2, 0) is 9.47 Å². The van der Waals surface area contributed by atoms with Crippen LogP contribution in [0.2, 0.25) is 0 Å². The fourth-order valence-electron chi connectivity index (χ4n) is 5.41. The van der Waals surface area contributed by atoms with Crippen molar-refractivity contribution in [1.82, 2.24) is 29.6 Å². The van der Waals surface area contributed by atoms with Gasteiger partial charge in [-0.3, -0.25) is 0 Å². The first-order chi connectivity index (χ1) is 19.3. The van der Waals surface area contributed by atoms with Crippen LogP contribution in [0.25, 0.3) is 21.8 Å².